The molecule has 1 aromatic heterocycles. The van der Waals surface area contributed by atoms with Crippen molar-refractivity contribution in [3.8, 4) is 5.69 Å². The van der Waals surface area contributed by atoms with Crippen LogP contribution in [0.3, 0.4) is 0 Å². The Morgan fingerprint density at radius 3 is 2.35 bits per heavy atom. The fourth-order valence-electron chi connectivity index (χ4n) is 1.24. The Hall–Kier alpha value is -1.18. The van der Waals surface area contributed by atoms with E-state index in [1.54, 1.807) is 18.2 Å². The summed E-state index contributed by atoms with van der Waals surface area (Å²) in [7, 11) is -3.56. The number of sulfone groups is 1. The quantitative estimate of drug-likeness (QED) is 0.835. The van der Waals surface area contributed by atoms with Crippen molar-refractivity contribution in [1.29, 1.82) is 0 Å². The van der Waals surface area contributed by atoms with Crippen molar-refractivity contribution in [2.24, 2.45) is 0 Å². The second-order valence-electron chi connectivity index (χ2n) is 3.22. The van der Waals surface area contributed by atoms with Crippen molar-refractivity contribution in [3.05, 3.63) is 28.2 Å². The fourth-order valence-corrected chi connectivity index (χ4v) is 2.43. The number of hydrogen-bond donors (Lipinski definition) is 0. The molecule has 9 heteroatoms. The molecule has 17 heavy (non-hydrogen) atoms. The SMILES string of the molecule is CS(=O)(=O)c1nnnn1-c1c(Cl)cccc1Cl. The summed E-state index contributed by atoms with van der Waals surface area (Å²) in [5.41, 5.74) is 0.237. The summed E-state index contributed by atoms with van der Waals surface area (Å²) < 4.78 is 23.9. The van der Waals surface area contributed by atoms with Gasteiger partial charge in [0.2, 0.25) is 9.84 Å². The Kier molecular flexibility index (Phi) is 3.07. The van der Waals surface area contributed by atoms with E-state index in [2.05, 4.69) is 15.5 Å². The number of hydrogen-bond acceptors (Lipinski definition) is 5. The third-order valence-corrected chi connectivity index (χ3v) is 3.45. The van der Waals surface area contributed by atoms with Crippen LogP contribution in [-0.4, -0.2) is 34.9 Å². The standard InChI is InChI=1S/C8H6Cl2N4O2S/c1-17(15,16)8-11-12-13-14(8)7-5(9)3-2-4-6(7)10/h2-4H,1H3. The van der Waals surface area contributed by atoms with Crippen molar-refractivity contribution < 1.29 is 8.42 Å². The van der Waals surface area contributed by atoms with Crippen LogP contribution >= 0.6 is 23.2 Å². The van der Waals surface area contributed by atoms with Crippen molar-refractivity contribution in [2.45, 2.75) is 5.16 Å². The first-order valence-electron chi connectivity index (χ1n) is 4.34. The molecular weight excluding hydrogens is 287 g/mol. The molecule has 0 aliphatic carbocycles. The first-order chi connectivity index (χ1) is 7.91. The topological polar surface area (TPSA) is 77.7 Å². The summed E-state index contributed by atoms with van der Waals surface area (Å²) in [5.74, 6) is 0. The highest BCUT2D eigenvalue weighted by molar-refractivity contribution is 7.90. The van der Waals surface area contributed by atoms with Gasteiger partial charge in [0.05, 0.1) is 10.0 Å². The Labute approximate surface area is 107 Å². The van der Waals surface area contributed by atoms with E-state index in [9.17, 15) is 8.42 Å². The molecule has 0 aliphatic heterocycles. The maximum atomic E-state index is 11.5. The number of tetrazole rings is 1. The maximum absolute atomic E-state index is 11.5. The van der Waals surface area contributed by atoms with Gasteiger partial charge in [0.1, 0.15) is 5.69 Å². The Balaban J connectivity index is 2.75. The number of para-hydroxylation sites is 1. The first kappa shape index (κ1) is 12.3. The molecule has 0 spiro atoms. The second-order valence-corrected chi connectivity index (χ2v) is 5.94. The zero-order valence-electron chi connectivity index (χ0n) is 8.50. The Morgan fingerprint density at radius 2 is 1.82 bits per heavy atom. The van der Waals surface area contributed by atoms with Gasteiger partial charge in [0.15, 0.2) is 0 Å². The lowest BCUT2D eigenvalue weighted by Gasteiger charge is -2.06. The molecular formula is C8H6Cl2N4O2S. The predicted octanol–water partition coefficient (Wildman–Crippen LogP) is 1.37. The minimum absolute atomic E-state index is 0.237. The molecule has 0 fully saturated rings. The lowest BCUT2D eigenvalue weighted by atomic mass is 10.3. The molecule has 2 rings (SSSR count). The molecule has 0 saturated heterocycles. The summed E-state index contributed by atoms with van der Waals surface area (Å²) in [6.45, 7) is 0. The highest BCUT2D eigenvalue weighted by Gasteiger charge is 2.21. The number of aromatic nitrogens is 4. The van der Waals surface area contributed by atoms with Crippen LogP contribution in [0.5, 0.6) is 0 Å². The van der Waals surface area contributed by atoms with Gasteiger partial charge < -0.3 is 0 Å². The van der Waals surface area contributed by atoms with Crippen molar-refractivity contribution in [2.75, 3.05) is 6.26 Å². The van der Waals surface area contributed by atoms with Crippen LogP contribution in [0.2, 0.25) is 10.0 Å². The van der Waals surface area contributed by atoms with E-state index in [0.29, 0.717) is 0 Å². The number of rotatable bonds is 2. The Morgan fingerprint density at radius 1 is 1.24 bits per heavy atom. The number of benzene rings is 1. The molecule has 0 amide bonds. The van der Waals surface area contributed by atoms with Gasteiger partial charge in [0, 0.05) is 6.26 Å². The molecule has 1 heterocycles. The first-order valence-corrected chi connectivity index (χ1v) is 6.99. The second kappa shape index (κ2) is 4.25. The molecule has 0 radical (unpaired) electrons. The average Bonchev–Trinajstić information content (AvgIpc) is 2.65. The minimum atomic E-state index is -3.56. The van der Waals surface area contributed by atoms with Gasteiger partial charge in [-0.1, -0.05) is 34.4 Å². The van der Waals surface area contributed by atoms with Crippen molar-refractivity contribution in [1.82, 2.24) is 20.2 Å². The fraction of sp³-hybridized carbons (Fsp3) is 0.125. The molecule has 0 bridgehead atoms. The van der Waals surface area contributed by atoms with Crippen LogP contribution in [-0.2, 0) is 9.84 Å². The van der Waals surface area contributed by atoms with Gasteiger partial charge in [-0.15, -0.1) is 0 Å². The third kappa shape index (κ3) is 2.26. The monoisotopic (exact) mass is 292 g/mol. The Bertz CT molecular complexity index is 648. The van der Waals surface area contributed by atoms with Crippen LogP contribution in [0.4, 0.5) is 0 Å². The predicted molar refractivity (Wildman–Crippen MR) is 62.3 cm³/mol. The minimum Gasteiger partial charge on any atom is -0.221 e. The number of halogens is 2. The molecule has 2 aromatic rings. The summed E-state index contributed by atoms with van der Waals surface area (Å²) in [4.78, 5) is 0. The van der Waals surface area contributed by atoms with E-state index < -0.39 is 9.84 Å². The molecule has 90 valence electrons. The summed E-state index contributed by atoms with van der Waals surface area (Å²) >= 11 is 11.9. The molecule has 0 aliphatic rings. The van der Waals surface area contributed by atoms with Crippen LogP contribution in [0.1, 0.15) is 0 Å². The van der Waals surface area contributed by atoms with Gasteiger partial charge in [0.25, 0.3) is 5.16 Å². The molecule has 1 aromatic carbocycles. The zero-order chi connectivity index (χ0) is 12.6. The largest absolute Gasteiger partial charge is 0.272 e. The summed E-state index contributed by atoms with van der Waals surface area (Å²) in [5, 5.41) is 10.5. The number of nitrogens with zero attached hydrogens (tertiary/aromatic N) is 4. The lowest BCUT2D eigenvalue weighted by molar-refractivity contribution is 0.586. The maximum Gasteiger partial charge on any atom is 0.272 e. The summed E-state index contributed by atoms with van der Waals surface area (Å²) in [6, 6.07) is 4.77. The van der Waals surface area contributed by atoms with Gasteiger partial charge in [-0.05, 0) is 22.6 Å². The van der Waals surface area contributed by atoms with E-state index >= 15 is 0 Å². The van der Waals surface area contributed by atoms with E-state index in [4.69, 9.17) is 23.2 Å². The van der Waals surface area contributed by atoms with Crippen LogP contribution < -0.4 is 0 Å². The molecule has 0 N–H and O–H groups in total. The highest BCUT2D eigenvalue weighted by Crippen LogP contribution is 2.28. The van der Waals surface area contributed by atoms with Crippen LogP contribution in [0.15, 0.2) is 23.4 Å². The van der Waals surface area contributed by atoms with Gasteiger partial charge in [-0.2, -0.15) is 4.68 Å². The smallest absolute Gasteiger partial charge is 0.221 e. The molecule has 0 saturated carbocycles. The van der Waals surface area contributed by atoms with Crippen molar-refractivity contribution in [3.63, 3.8) is 0 Å². The van der Waals surface area contributed by atoms with Crippen LogP contribution in [0.25, 0.3) is 5.69 Å². The highest BCUT2D eigenvalue weighted by atomic mass is 35.5. The van der Waals surface area contributed by atoms with Gasteiger partial charge in [-0.25, -0.2) is 8.42 Å². The lowest BCUT2D eigenvalue weighted by Crippen LogP contribution is -2.09. The van der Waals surface area contributed by atoms with E-state index in [1.807, 2.05) is 0 Å². The van der Waals surface area contributed by atoms with Gasteiger partial charge >= 0.3 is 0 Å². The van der Waals surface area contributed by atoms with E-state index in [0.717, 1.165) is 10.9 Å². The normalized spacial score (nSPS) is 11.7. The molecule has 0 atom stereocenters. The van der Waals surface area contributed by atoms with E-state index in [-0.39, 0.29) is 20.9 Å². The third-order valence-electron chi connectivity index (χ3n) is 1.92. The van der Waals surface area contributed by atoms with E-state index in [1.165, 1.54) is 0 Å². The molecule has 6 nitrogen and oxygen atoms in total. The van der Waals surface area contributed by atoms with Crippen LogP contribution in [0, 0.1) is 0 Å². The molecule has 0 unspecified atom stereocenters. The van der Waals surface area contributed by atoms with Gasteiger partial charge in [-0.3, -0.25) is 0 Å². The van der Waals surface area contributed by atoms with Crippen molar-refractivity contribution >= 4 is 33.0 Å². The zero-order valence-corrected chi connectivity index (χ0v) is 10.8. The average molecular weight is 293 g/mol. The summed E-state index contributed by atoms with van der Waals surface area (Å²) in [6.07, 6.45) is 1.000.